The predicted octanol–water partition coefficient (Wildman–Crippen LogP) is 3.96. The fourth-order valence-corrected chi connectivity index (χ4v) is 4.23. The van der Waals surface area contributed by atoms with Gasteiger partial charge in [0.2, 0.25) is 11.8 Å². The number of benzene rings is 2. The summed E-state index contributed by atoms with van der Waals surface area (Å²) in [5.74, 6) is 2.39. The van der Waals surface area contributed by atoms with E-state index in [0.29, 0.717) is 48.1 Å². The second-order valence-electron chi connectivity index (χ2n) is 8.39. The maximum absolute atomic E-state index is 11.3. The predicted molar refractivity (Wildman–Crippen MR) is 140 cm³/mol. The minimum atomic E-state index is -0.0953. The number of anilines is 1. The van der Waals surface area contributed by atoms with E-state index >= 15 is 0 Å². The Labute approximate surface area is 209 Å². The molecular formula is C27H30N4O5. The Hall–Kier alpha value is -4.27. The summed E-state index contributed by atoms with van der Waals surface area (Å²) in [6.07, 6.45) is 0.355. The number of hydrogen-bond acceptors (Lipinski definition) is 8. The van der Waals surface area contributed by atoms with E-state index in [2.05, 4.69) is 15.6 Å². The lowest BCUT2D eigenvalue weighted by Crippen LogP contribution is -2.26. The number of ether oxygens (including phenoxy) is 3. The molecular weight excluding hydrogens is 460 g/mol. The lowest BCUT2D eigenvalue weighted by atomic mass is 9.97. The molecule has 2 aromatic heterocycles. The van der Waals surface area contributed by atoms with Crippen molar-refractivity contribution >= 4 is 33.4 Å². The normalized spacial score (nSPS) is 10.9. The monoisotopic (exact) mass is 490 g/mol. The molecule has 188 valence electrons. The van der Waals surface area contributed by atoms with Crippen molar-refractivity contribution in [2.24, 2.45) is 0 Å². The number of amides is 1. The maximum Gasteiger partial charge on any atom is 0.216 e. The van der Waals surface area contributed by atoms with Gasteiger partial charge in [-0.3, -0.25) is 4.79 Å². The summed E-state index contributed by atoms with van der Waals surface area (Å²) < 4.78 is 16.4. The third-order valence-electron chi connectivity index (χ3n) is 6.04. The third-order valence-corrected chi connectivity index (χ3v) is 6.04. The van der Waals surface area contributed by atoms with E-state index in [-0.39, 0.29) is 11.8 Å². The zero-order chi connectivity index (χ0) is 25.8. The molecule has 3 N–H and O–H groups in total. The van der Waals surface area contributed by atoms with Gasteiger partial charge in [0.15, 0.2) is 11.5 Å². The number of carbonyl (C=O) groups is 1. The van der Waals surface area contributed by atoms with Gasteiger partial charge in [0.25, 0.3) is 0 Å². The molecule has 1 amide bonds. The highest BCUT2D eigenvalue weighted by Crippen LogP contribution is 2.38. The highest BCUT2D eigenvalue weighted by molar-refractivity contribution is 5.92. The number of aryl methyl sites for hydroxylation is 1. The molecule has 4 aromatic rings. The van der Waals surface area contributed by atoms with E-state index in [1.165, 1.54) is 6.92 Å². The first kappa shape index (κ1) is 24.8. The number of aromatic nitrogens is 2. The smallest absolute Gasteiger partial charge is 0.216 e. The molecule has 0 radical (unpaired) electrons. The van der Waals surface area contributed by atoms with E-state index in [9.17, 15) is 9.90 Å². The summed E-state index contributed by atoms with van der Waals surface area (Å²) in [6.45, 7) is 4.27. The number of aromatic hydroxyl groups is 1. The first-order valence-corrected chi connectivity index (χ1v) is 11.5. The summed E-state index contributed by atoms with van der Waals surface area (Å²) in [5, 5.41) is 19.6. The van der Waals surface area contributed by atoms with Gasteiger partial charge in [0.1, 0.15) is 11.6 Å². The van der Waals surface area contributed by atoms with E-state index in [1.54, 1.807) is 21.3 Å². The van der Waals surface area contributed by atoms with Gasteiger partial charge in [-0.15, -0.1) is 0 Å². The molecule has 0 bridgehead atoms. The molecule has 9 heteroatoms. The Kier molecular flexibility index (Phi) is 7.28. The molecule has 0 saturated carbocycles. The molecule has 0 saturated heterocycles. The van der Waals surface area contributed by atoms with Crippen molar-refractivity contribution in [2.45, 2.75) is 20.3 Å². The van der Waals surface area contributed by atoms with Gasteiger partial charge in [-0.1, -0.05) is 0 Å². The van der Waals surface area contributed by atoms with Crippen LogP contribution in [-0.4, -0.2) is 55.4 Å². The summed E-state index contributed by atoms with van der Waals surface area (Å²) >= 11 is 0. The summed E-state index contributed by atoms with van der Waals surface area (Å²) in [4.78, 5) is 20.5. The van der Waals surface area contributed by atoms with E-state index in [4.69, 9.17) is 19.2 Å². The Morgan fingerprint density at radius 1 is 0.944 bits per heavy atom. The zero-order valence-electron chi connectivity index (χ0n) is 21.1. The van der Waals surface area contributed by atoms with Crippen LogP contribution in [-0.2, 0) is 11.2 Å². The molecule has 0 atom stereocenters. The van der Waals surface area contributed by atoms with Crippen LogP contribution < -0.4 is 24.8 Å². The average Bonchev–Trinajstić information content (AvgIpc) is 2.87. The van der Waals surface area contributed by atoms with Gasteiger partial charge < -0.3 is 30.0 Å². The first-order chi connectivity index (χ1) is 17.3. The van der Waals surface area contributed by atoms with Crippen molar-refractivity contribution in [1.29, 1.82) is 0 Å². The number of carbonyl (C=O) groups excluding carboxylic acids is 1. The van der Waals surface area contributed by atoms with Crippen LogP contribution in [0.2, 0.25) is 0 Å². The highest BCUT2D eigenvalue weighted by Gasteiger charge is 2.18. The molecule has 4 rings (SSSR count). The van der Waals surface area contributed by atoms with Crippen LogP contribution in [0.15, 0.2) is 36.4 Å². The van der Waals surface area contributed by atoms with Crippen molar-refractivity contribution in [3.63, 3.8) is 0 Å². The van der Waals surface area contributed by atoms with Crippen molar-refractivity contribution in [2.75, 3.05) is 39.7 Å². The highest BCUT2D eigenvalue weighted by atomic mass is 16.5. The van der Waals surface area contributed by atoms with Gasteiger partial charge >= 0.3 is 0 Å². The average molecular weight is 491 g/mol. The van der Waals surface area contributed by atoms with Crippen molar-refractivity contribution in [1.82, 2.24) is 15.3 Å². The Morgan fingerprint density at radius 3 is 2.33 bits per heavy atom. The number of nitrogens with zero attached hydrogens (tertiary/aromatic N) is 2. The molecule has 2 heterocycles. The quantitative estimate of drug-likeness (QED) is 0.302. The summed E-state index contributed by atoms with van der Waals surface area (Å²) in [7, 11) is 4.79. The zero-order valence-corrected chi connectivity index (χ0v) is 21.1. The number of nitrogens with one attached hydrogen (secondary N) is 2. The van der Waals surface area contributed by atoms with Crippen LogP contribution in [0.4, 0.5) is 5.82 Å². The van der Waals surface area contributed by atoms with Crippen LogP contribution in [0.1, 0.15) is 23.7 Å². The number of methoxy groups -OCH3 is 3. The van der Waals surface area contributed by atoms with Gasteiger partial charge in [0.05, 0.1) is 26.8 Å². The number of fused-ring (bicyclic) bond motifs is 2. The Bertz CT molecular complexity index is 1440. The second-order valence-corrected chi connectivity index (χ2v) is 8.39. The number of hydrogen-bond donors (Lipinski definition) is 3. The van der Waals surface area contributed by atoms with Crippen molar-refractivity contribution in [3.05, 3.63) is 53.2 Å². The SMILES string of the molecule is COc1ccc2nc(NCCNC(C)=O)c(Cc3c(O)nc(C)c4cc(OC)c(OC)cc34)cc2c1. The molecule has 0 aliphatic carbocycles. The molecule has 0 unspecified atom stereocenters. The molecule has 0 aliphatic rings. The molecule has 36 heavy (non-hydrogen) atoms. The largest absolute Gasteiger partial charge is 0.497 e. The summed E-state index contributed by atoms with van der Waals surface area (Å²) in [6, 6.07) is 11.4. The lowest BCUT2D eigenvalue weighted by molar-refractivity contribution is -0.118. The van der Waals surface area contributed by atoms with Gasteiger partial charge in [0, 0.05) is 48.5 Å². The Balaban J connectivity index is 1.84. The maximum atomic E-state index is 11.3. The van der Waals surface area contributed by atoms with Gasteiger partial charge in [-0.2, -0.15) is 0 Å². The first-order valence-electron chi connectivity index (χ1n) is 11.5. The summed E-state index contributed by atoms with van der Waals surface area (Å²) in [5.41, 5.74) is 2.98. The van der Waals surface area contributed by atoms with Crippen LogP contribution >= 0.6 is 0 Å². The van der Waals surface area contributed by atoms with Gasteiger partial charge in [-0.25, -0.2) is 9.97 Å². The second kappa shape index (κ2) is 10.6. The number of rotatable bonds is 9. The fourth-order valence-electron chi connectivity index (χ4n) is 4.23. The molecule has 2 aromatic carbocycles. The van der Waals surface area contributed by atoms with Crippen molar-refractivity contribution < 1.29 is 24.1 Å². The van der Waals surface area contributed by atoms with Crippen LogP contribution in [0.25, 0.3) is 21.7 Å². The van der Waals surface area contributed by atoms with Crippen molar-refractivity contribution in [3.8, 4) is 23.1 Å². The molecule has 0 aliphatic heterocycles. The standard InChI is InChI=1S/C27H30N4O5/c1-15-20-13-24(35-4)25(36-5)14-21(20)22(27(33)30-15)12-18-10-17-11-19(34-3)6-7-23(17)31-26(18)29-9-8-28-16(2)32/h6-7,10-11,13-14H,8-9,12H2,1-5H3,(H,28,32)(H,29,31)(H,30,33). The van der Waals surface area contributed by atoms with Crippen LogP contribution in [0.3, 0.4) is 0 Å². The Morgan fingerprint density at radius 2 is 1.67 bits per heavy atom. The minimum absolute atomic E-state index is 0.0536. The molecule has 0 spiro atoms. The van der Waals surface area contributed by atoms with E-state index < -0.39 is 0 Å². The van der Waals surface area contributed by atoms with E-state index in [0.717, 1.165) is 33.0 Å². The fraction of sp³-hybridized carbons (Fsp3) is 0.296. The van der Waals surface area contributed by atoms with Crippen LogP contribution in [0, 0.1) is 6.92 Å². The minimum Gasteiger partial charge on any atom is -0.497 e. The number of pyridine rings is 2. The molecule has 0 fully saturated rings. The third kappa shape index (κ3) is 5.05. The van der Waals surface area contributed by atoms with E-state index in [1.807, 2.05) is 43.3 Å². The van der Waals surface area contributed by atoms with Crippen LogP contribution in [0.5, 0.6) is 23.1 Å². The molecule has 9 nitrogen and oxygen atoms in total. The lowest BCUT2D eigenvalue weighted by Gasteiger charge is -2.17. The van der Waals surface area contributed by atoms with Gasteiger partial charge in [-0.05, 0) is 54.3 Å². The topological polar surface area (TPSA) is 115 Å².